The third-order valence-corrected chi connectivity index (χ3v) is 3.09. The zero-order chi connectivity index (χ0) is 10.9. The predicted molar refractivity (Wildman–Crippen MR) is 63.0 cm³/mol. The molecule has 2 heteroatoms. The van der Waals surface area contributed by atoms with Crippen molar-refractivity contribution in [3.05, 3.63) is 17.0 Å². The fourth-order valence-corrected chi connectivity index (χ4v) is 2.37. The smallest absolute Gasteiger partial charge is 0.0662 e. The van der Waals surface area contributed by atoms with Crippen molar-refractivity contribution < 1.29 is 0 Å². The molecule has 0 fully saturated rings. The van der Waals surface area contributed by atoms with Crippen molar-refractivity contribution in [1.82, 2.24) is 10.2 Å². The highest BCUT2D eigenvalue weighted by Gasteiger charge is 2.20. The van der Waals surface area contributed by atoms with Gasteiger partial charge in [0.15, 0.2) is 0 Å². The van der Waals surface area contributed by atoms with Gasteiger partial charge in [-0.3, -0.25) is 5.10 Å². The van der Waals surface area contributed by atoms with Gasteiger partial charge in [0.05, 0.1) is 5.69 Å². The zero-order valence-corrected chi connectivity index (χ0v) is 10.2. The van der Waals surface area contributed by atoms with E-state index >= 15 is 0 Å². The highest BCUT2D eigenvalue weighted by molar-refractivity contribution is 5.27. The third kappa shape index (κ3) is 2.61. The van der Waals surface area contributed by atoms with Crippen LogP contribution in [0.4, 0.5) is 0 Å². The molecule has 0 atom stereocenters. The first-order valence-corrected chi connectivity index (χ1v) is 6.11. The molecule has 0 aromatic carbocycles. The number of fused-ring (bicyclic) bond motifs is 1. The van der Waals surface area contributed by atoms with Crippen LogP contribution in [0.3, 0.4) is 0 Å². The van der Waals surface area contributed by atoms with E-state index in [2.05, 4.69) is 31.0 Å². The molecule has 0 saturated carbocycles. The second-order valence-corrected chi connectivity index (χ2v) is 5.93. The van der Waals surface area contributed by atoms with Crippen LogP contribution in [0.5, 0.6) is 0 Å². The summed E-state index contributed by atoms with van der Waals surface area (Å²) in [5.41, 5.74) is 4.60. The lowest BCUT2D eigenvalue weighted by Gasteiger charge is -2.17. The summed E-state index contributed by atoms with van der Waals surface area (Å²) in [4.78, 5) is 0. The van der Waals surface area contributed by atoms with Crippen molar-refractivity contribution in [1.29, 1.82) is 0 Å². The van der Waals surface area contributed by atoms with Crippen molar-refractivity contribution >= 4 is 0 Å². The van der Waals surface area contributed by atoms with Gasteiger partial charge in [-0.15, -0.1) is 0 Å². The number of aromatic amines is 1. The molecule has 1 aromatic heterocycles. The standard InChI is InChI=1S/C13H22N2/c1-13(2,3)9-12-10-7-5-4-6-8-11(10)14-15-12/h4-9H2,1-3H3,(H,14,15). The van der Waals surface area contributed by atoms with Crippen LogP contribution in [0.15, 0.2) is 0 Å². The summed E-state index contributed by atoms with van der Waals surface area (Å²) in [6.45, 7) is 6.85. The van der Waals surface area contributed by atoms with E-state index in [4.69, 9.17) is 0 Å². The van der Waals surface area contributed by atoms with Gasteiger partial charge in [0.25, 0.3) is 0 Å². The Hall–Kier alpha value is -0.790. The molecule has 1 aliphatic carbocycles. The fourth-order valence-electron chi connectivity index (χ4n) is 2.37. The van der Waals surface area contributed by atoms with Gasteiger partial charge < -0.3 is 0 Å². The minimum absolute atomic E-state index is 0.343. The van der Waals surface area contributed by atoms with Gasteiger partial charge in [0, 0.05) is 5.69 Å². The number of H-pyrrole nitrogens is 1. The molecule has 84 valence electrons. The molecule has 0 aliphatic heterocycles. The topological polar surface area (TPSA) is 28.7 Å². The summed E-state index contributed by atoms with van der Waals surface area (Å²) in [5, 5.41) is 7.74. The minimum Gasteiger partial charge on any atom is -0.282 e. The Bertz CT molecular complexity index is 331. The number of rotatable bonds is 1. The second-order valence-electron chi connectivity index (χ2n) is 5.93. The number of hydrogen-bond acceptors (Lipinski definition) is 1. The molecule has 0 amide bonds. The summed E-state index contributed by atoms with van der Waals surface area (Å²) in [7, 11) is 0. The number of aryl methyl sites for hydroxylation is 1. The maximum atomic E-state index is 4.50. The Labute approximate surface area is 92.5 Å². The van der Waals surface area contributed by atoms with Gasteiger partial charge >= 0.3 is 0 Å². The van der Waals surface area contributed by atoms with E-state index in [-0.39, 0.29) is 0 Å². The molecule has 1 aliphatic rings. The van der Waals surface area contributed by atoms with Crippen LogP contribution in [0.2, 0.25) is 0 Å². The van der Waals surface area contributed by atoms with E-state index in [1.54, 1.807) is 0 Å². The molecule has 2 nitrogen and oxygen atoms in total. The van der Waals surface area contributed by atoms with Crippen LogP contribution in [0.1, 0.15) is 57.0 Å². The molecule has 1 aromatic rings. The highest BCUT2D eigenvalue weighted by atomic mass is 15.1. The van der Waals surface area contributed by atoms with Crippen molar-refractivity contribution in [2.45, 2.75) is 59.3 Å². The van der Waals surface area contributed by atoms with E-state index < -0.39 is 0 Å². The average molecular weight is 206 g/mol. The molecule has 2 rings (SSSR count). The second kappa shape index (κ2) is 3.99. The van der Waals surface area contributed by atoms with E-state index in [9.17, 15) is 0 Å². The first-order chi connectivity index (χ1) is 7.06. The van der Waals surface area contributed by atoms with Gasteiger partial charge in [0.1, 0.15) is 0 Å². The summed E-state index contributed by atoms with van der Waals surface area (Å²) in [5.74, 6) is 0. The lowest BCUT2D eigenvalue weighted by atomic mass is 9.88. The number of nitrogens with one attached hydrogen (secondary N) is 1. The predicted octanol–water partition coefficient (Wildman–Crippen LogP) is 3.27. The Balaban J connectivity index is 2.22. The summed E-state index contributed by atoms with van der Waals surface area (Å²) in [6.07, 6.45) is 7.56. The third-order valence-electron chi connectivity index (χ3n) is 3.09. The molecular weight excluding hydrogens is 184 g/mol. The monoisotopic (exact) mass is 206 g/mol. The van der Waals surface area contributed by atoms with Crippen molar-refractivity contribution in [3.8, 4) is 0 Å². The summed E-state index contributed by atoms with van der Waals surface area (Å²) in [6, 6.07) is 0. The fraction of sp³-hybridized carbons (Fsp3) is 0.769. The van der Waals surface area contributed by atoms with Crippen molar-refractivity contribution in [3.63, 3.8) is 0 Å². The van der Waals surface area contributed by atoms with Crippen LogP contribution in [-0.2, 0) is 19.3 Å². The van der Waals surface area contributed by atoms with Gasteiger partial charge in [-0.2, -0.15) is 5.10 Å². The lowest BCUT2D eigenvalue weighted by Crippen LogP contribution is -2.11. The Morgan fingerprint density at radius 1 is 1.13 bits per heavy atom. The van der Waals surface area contributed by atoms with Crippen LogP contribution in [0.25, 0.3) is 0 Å². The Morgan fingerprint density at radius 3 is 2.60 bits per heavy atom. The molecule has 1 N–H and O–H groups in total. The van der Waals surface area contributed by atoms with Crippen molar-refractivity contribution in [2.24, 2.45) is 5.41 Å². The number of aromatic nitrogens is 2. The first-order valence-electron chi connectivity index (χ1n) is 6.11. The molecule has 0 saturated heterocycles. The molecule has 0 spiro atoms. The van der Waals surface area contributed by atoms with Crippen molar-refractivity contribution in [2.75, 3.05) is 0 Å². The van der Waals surface area contributed by atoms with E-state index in [1.807, 2.05) is 0 Å². The Kier molecular flexibility index (Phi) is 2.85. The molecule has 15 heavy (non-hydrogen) atoms. The van der Waals surface area contributed by atoms with Gasteiger partial charge in [-0.25, -0.2) is 0 Å². The average Bonchev–Trinajstić information content (AvgIpc) is 2.35. The summed E-state index contributed by atoms with van der Waals surface area (Å²) < 4.78 is 0. The summed E-state index contributed by atoms with van der Waals surface area (Å²) >= 11 is 0. The van der Waals surface area contributed by atoms with Gasteiger partial charge in [-0.05, 0) is 43.1 Å². The molecular formula is C13H22N2. The van der Waals surface area contributed by atoms with E-state index in [1.165, 1.54) is 49.1 Å². The zero-order valence-electron chi connectivity index (χ0n) is 10.2. The van der Waals surface area contributed by atoms with E-state index in [0.717, 1.165) is 6.42 Å². The number of hydrogen-bond donors (Lipinski definition) is 1. The lowest BCUT2D eigenvalue weighted by molar-refractivity contribution is 0.404. The first kappa shape index (κ1) is 10.7. The van der Waals surface area contributed by atoms with Crippen LogP contribution < -0.4 is 0 Å². The minimum atomic E-state index is 0.343. The molecule has 1 heterocycles. The quantitative estimate of drug-likeness (QED) is 0.702. The normalized spacial score (nSPS) is 17.3. The maximum Gasteiger partial charge on any atom is 0.0662 e. The van der Waals surface area contributed by atoms with Crippen LogP contribution in [0, 0.1) is 5.41 Å². The molecule has 0 unspecified atom stereocenters. The maximum absolute atomic E-state index is 4.50. The van der Waals surface area contributed by atoms with Crippen LogP contribution in [-0.4, -0.2) is 10.2 Å². The largest absolute Gasteiger partial charge is 0.282 e. The van der Waals surface area contributed by atoms with Gasteiger partial charge in [-0.1, -0.05) is 27.2 Å². The highest BCUT2D eigenvalue weighted by Crippen LogP contribution is 2.26. The van der Waals surface area contributed by atoms with E-state index in [0.29, 0.717) is 5.41 Å². The molecule has 0 radical (unpaired) electrons. The van der Waals surface area contributed by atoms with Gasteiger partial charge in [0.2, 0.25) is 0 Å². The SMILES string of the molecule is CC(C)(C)Cc1n[nH]c2c1CCCCC2. The molecule has 0 bridgehead atoms. The number of nitrogens with zero attached hydrogens (tertiary/aromatic N) is 1. The van der Waals surface area contributed by atoms with Crippen LogP contribution >= 0.6 is 0 Å². The Morgan fingerprint density at radius 2 is 1.87 bits per heavy atom.